The van der Waals surface area contributed by atoms with E-state index in [2.05, 4.69) is 46.8 Å². The summed E-state index contributed by atoms with van der Waals surface area (Å²) in [5.41, 5.74) is 6.27. The molecule has 0 aliphatic carbocycles. The SMILES string of the molecule is CCCC(C)=Nc1c(C)cc(C)cc1C. The average molecular weight is 203 g/mol. The van der Waals surface area contributed by atoms with Crippen molar-refractivity contribution in [1.82, 2.24) is 0 Å². The molecule has 1 heteroatoms. The highest BCUT2D eigenvalue weighted by Crippen LogP contribution is 2.25. The topological polar surface area (TPSA) is 12.4 Å². The lowest BCUT2D eigenvalue weighted by Crippen LogP contribution is -1.91. The van der Waals surface area contributed by atoms with Crippen LogP contribution >= 0.6 is 0 Å². The molecule has 0 saturated heterocycles. The Morgan fingerprint density at radius 2 is 1.67 bits per heavy atom. The summed E-state index contributed by atoms with van der Waals surface area (Å²) in [5, 5.41) is 0. The molecule has 0 aromatic heterocycles. The zero-order valence-corrected chi connectivity index (χ0v) is 10.5. The standard InChI is InChI=1S/C14H21N/c1-6-7-13(5)15-14-11(3)8-10(2)9-12(14)4/h8-9H,6-7H2,1-5H3. The average Bonchev–Trinajstić information content (AvgIpc) is 2.11. The molecular weight excluding hydrogens is 182 g/mol. The molecule has 0 amide bonds. The summed E-state index contributed by atoms with van der Waals surface area (Å²) in [7, 11) is 0. The highest BCUT2D eigenvalue weighted by atomic mass is 14.7. The number of nitrogens with zero attached hydrogens (tertiary/aromatic N) is 1. The van der Waals surface area contributed by atoms with E-state index in [1.807, 2.05) is 0 Å². The summed E-state index contributed by atoms with van der Waals surface area (Å²) in [5.74, 6) is 0. The van der Waals surface area contributed by atoms with Crippen LogP contribution in [0.3, 0.4) is 0 Å². The number of hydrogen-bond acceptors (Lipinski definition) is 1. The number of aryl methyl sites for hydroxylation is 3. The molecule has 0 fully saturated rings. The van der Waals surface area contributed by atoms with Crippen LogP contribution in [-0.4, -0.2) is 5.71 Å². The smallest absolute Gasteiger partial charge is 0.0687 e. The third kappa shape index (κ3) is 3.19. The molecule has 1 rings (SSSR count). The first-order valence-electron chi connectivity index (χ1n) is 5.66. The van der Waals surface area contributed by atoms with E-state index in [1.165, 1.54) is 28.8 Å². The summed E-state index contributed by atoms with van der Waals surface area (Å²) in [4.78, 5) is 4.71. The highest BCUT2D eigenvalue weighted by molar-refractivity contribution is 5.85. The van der Waals surface area contributed by atoms with Crippen molar-refractivity contribution in [1.29, 1.82) is 0 Å². The van der Waals surface area contributed by atoms with Gasteiger partial charge in [-0.25, -0.2) is 0 Å². The molecule has 0 unspecified atom stereocenters. The van der Waals surface area contributed by atoms with Crippen LogP contribution in [0.2, 0.25) is 0 Å². The van der Waals surface area contributed by atoms with E-state index >= 15 is 0 Å². The lowest BCUT2D eigenvalue weighted by molar-refractivity contribution is 0.987. The van der Waals surface area contributed by atoms with Gasteiger partial charge in [0.15, 0.2) is 0 Å². The molecule has 0 aliphatic heterocycles. The third-order valence-electron chi connectivity index (χ3n) is 2.55. The van der Waals surface area contributed by atoms with Gasteiger partial charge in [-0.05, 0) is 45.2 Å². The summed E-state index contributed by atoms with van der Waals surface area (Å²) < 4.78 is 0. The van der Waals surface area contributed by atoms with E-state index < -0.39 is 0 Å². The Morgan fingerprint density at radius 3 is 2.13 bits per heavy atom. The van der Waals surface area contributed by atoms with Gasteiger partial charge in [0.05, 0.1) is 5.69 Å². The zero-order valence-electron chi connectivity index (χ0n) is 10.5. The number of aliphatic imine (C=N–C) groups is 1. The molecule has 1 nitrogen and oxygen atoms in total. The van der Waals surface area contributed by atoms with Crippen molar-refractivity contribution in [3.05, 3.63) is 28.8 Å². The van der Waals surface area contributed by atoms with Gasteiger partial charge < -0.3 is 0 Å². The lowest BCUT2D eigenvalue weighted by Gasteiger charge is -2.08. The van der Waals surface area contributed by atoms with Crippen LogP contribution in [0.15, 0.2) is 17.1 Å². The van der Waals surface area contributed by atoms with E-state index in [0.717, 1.165) is 12.1 Å². The van der Waals surface area contributed by atoms with Gasteiger partial charge in [0.1, 0.15) is 0 Å². The molecule has 15 heavy (non-hydrogen) atoms. The maximum absolute atomic E-state index is 4.71. The Kier molecular flexibility index (Phi) is 4.07. The maximum Gasteiger partial charge on any atom is 0.0687 e. The van der Waals surface area contributed by atoms with E-state index in [1.54, 1.807) is 0 Å². The molecule has 82 valence electrons. The van der Waals surface area contributed by atoms with Crippen molar-refractivity contribution in [2.75, 3.05) is 0 Å². The molecule has 1 aromatic carbocycles. The van der Waals surface area contributed by atoms with Crippen LogP contribution in [0.4, 0.5) is 5.69 Å². The maximum atomic E-state index is 4.71. The van der Waals surface area contributed by atoms with Gasteiger partial charge in [0.25, 0.3) is 0 Å². The normalized spacial score (nSPS) is 11.9. The second-order valence-corrected chi connectivity index (χ2v) is 4.34. The lowest BCUT2D eigenvalue weighted by atomic mass is 10.1. The number of benzene rings is 1. The summed E-state index contributed by atoms with van der Waals surface area (Å²) in [6.45, 7) is 10.7. The Morgan fingerprint density at radius 1 is 1.13 bits per heavy atom. The van der Waals surface area contributed by atoms with Gasteiger partial charge in [0, 0.05) is 5.71 Å². The number of hydrogen-bond donors (Lipinski definition) is 0. The van der Waals surface area contributed by atoms with Crippen LogP contribution in [0.5, 0.6) is 0 Å². The minimum Gasteiger partial charge on any atom is -0.258 e. The van der Waals surface area contributed by atoms with Crippen molar-refractivity contribution < 1.29 is 0 Å². The van der Waals surface area contributed by atoms with Crippen molar-refractivity contribution in [2.24, 2.45) is 4.99 Å². The molecule has 0 heterocycles. The van der Waals surface area contributed by atoms with Gasteiger partial charge in [-0.3, -0.25) is 4.99 Å². The van der Waals surface area contributed by atoms with E-state index in [9.17, 15) is 0 Å². The Hall–Kier alpha value is -1.11. The van der Waals surface area contributed by atoms with Crippen LogP contribution < -0.4 is 0 Å². The summed E-state index contributed by atoms with van der Waals surface area (Å²) >= 11 is 0. The molecule has 0 saturated carbocycles. The van der Waals surface area contributed by atoms with Gasteiger partial charge in [0.2, 0.25) is 0 Å². The first kappa shape index (κ1) is 12.0. The van der Waals surface area contributed by atoms with Gasteiger partial charge in [-0.1, -0.05) is 31.0 Å². The predicted molar refractivity (Wildman–Crippen MR) is 68.3 cm³/mol. The second-order valence-electron chi connectivity index (χ2n) is 4.34. The minimum atomic E-state index is 1.09. The van der Waals surface area contributed by atoms with E-state index in [4.69, 9.17) is 4.99 Å². The molecule has 0 aliphatic rings. The predicted octanol–water partition coefficient (Wildman–Crippen LogP) is 4.50. The van der Waals surface area contributed by atoms with Crippen LogP contribution in [0, 0.1) is 20.8 Å². The van der Waals surface area contributed by atoms with Gasteiger partial charge in [-0.15, -0.1) is 0 Å². The van der Waals surface area contributed by atoms with E-state index in [0.29, 0.717) is 0 Å². The first-order valence-corrected chi connectivity index (χ1v) is 5.66. The van der Waals surface area contributed by atoms with Crippen molar-refractivity contribution >= 4 is 11.4 Å². The van der Waals surface area contributed by atoms with Crippen LogP contribution in [-0.2, 0) is 0 Å². The van der Waals surface area contributed by atoms with Crippen molar-refractivity contribution in [3.8, 4) is 0 Å². The summed E-state index contributed by atoms with van der Waals surface area (Å²) in [6, 6.07) is 4.40. The largest absolute Gasteiger partial charge is 0.258 e. The Balaban J connectivity index is 3.09. The molecule has 0 N–H and O–H groups in total. The molecule has 0 radical (unpaired) electrons. The van der Waals surface area contributed by atoms with Gasteiger partial charge in [-0.2, -0.15) is 0 Å². The van der Waals surface area contributed by atoms with Crippen LogP contribution in [0.25, 0.3) is 0 Å². The molecular formula is C14H21N. The quantitative estimate of drug-likeness (QED) is 0.641. The Bertz CT molecular complexity index is 352. The molecule has 0 atom stereocenters. The first-order chi connectivity index (χ1) is 7.04. The number of rotatable bonds is 3. The summed E-state index contributed by atoms with van der Waals surface area (Å²) in [6.07, 6.45) is 2.26. The monoisotopic (exact) mass is 203 g/mol. The second kappa shape index (κ2) is 5.11. The minimum absolute atomic E-state index is 1.09. The fourth-order valence-electron chi connectivity index (χ4n) is 1.96. The third-order valence-corrected chi connectivity index (χ3v) is 2.55. The molecule has 1 aromatic rings. The zero-order chi connectivity index (χ0) is 11.4. The van der Waals surface area contributed by atoms with Crippen molar-refractivity contribution in [3.63, 3.8) is 0 Å². The van der Waals surface area contributed by atoms with Crippen molar-refractivity contribution in [2.45, 2.75) is 47.5 Å². The Labute approximate surface area is 93.2 Å². The van der Waals surface area contributed by atoms with E-state index in [-0.39, 0.29) is 0 Å². The fraction of sp³-hybridized carbons (Fsp3) is 0.500. The van der Waals surface area contributed by atoms with Crippen LogP contribution in [0.1, 0.15) is 43.4 Å². The van der Waals surface area contributed by atoms with Gasteiger partial charge >= 0.3 is 0 Å². The highest BCUT2D eigenvalue weighted by Gasteiger charge is 2.02. The molecule has 0 spiro atoms. The fourth-order valence-corrected chi connectivity index (χ4v) is 1.96. The molecule has 0 bridgehead atoms.